The van der Waals surface area contributed by atoms with E-state index < -0.39 is 52.5 Å². The number of para-hydroxylation sites is 1. The van der Waals surface area contributed by atoms with Crippen molar-refractivity contribution in [3.05, 3.63) is 86.4 Å². The van der Waals surface area contributed by atoms with Crippen molar-refractivity contribution in [1.82, 2.24) is 10.0 Å². The SMILES string of the molecule is C[C@@H]1C=CC[C@H]2C(=O)N(N(CC(=O)c3ccc(Br)cc3)C(=O)c3ccccc3[N+](=O)[O-])C(=O)[C@@H]12. The number of imide groups is 1. The molecule has 0 bridgehead atoms. The number of allylic oxidation sites excluding steroid dienone is 2. The number of nitrogens with zero attached hydrogens (tertiary/aromatic N) is 3. The summed E-state index contributed by atoms with van der Waals surface area (Å²) < 4.78 is 0.743. The van der Waals surface area contributed by atoms with Gasteiger partial charge in [-0.3, -0.25) is 29.3 Å². The van der Waals surface area contributed by atoms with E-state index in [1.54, 1.807) is 24.3 Å². The highest BCUT2D eigenvalue weighted by atomic mass is 79.9. The number of carbonyl (C=O) groups is 4. The van der Waals surface area contributed by atoms with E-state index in [9.17, 15) is 29.3 Å². The Morgan fingerprint density at radius 2 is 1.79 bits per heavy atom. The van der Waals surface area contributed by atoms with Crippen LogP contribution in [0.2, 0.25) is 0 Å². The molecule has 0 saturated carbocycles. The van der Waals surface area contributed by atoms with E-state index in [0.717, 1.165) is 15.5 Å². The number of nitro benzene ring substituents is 1. The number of hydrazine groups is 1. The average Bonchev–Trinajstić information content (AvgIpc) is 3.08. The molecule has 2 aromatic carbocycles. The third kappa shape index (κ3) is 4.16. The van der Waals surface area contributed by atoms with E-state index in [1.165, 1.54) is 18.2 Å². The van der Waals surface area contributed by atoms with Crippen molar-refractivity contribution in [1.29, 1.82) is 0 Å². The highest BCUT2D eigenvalue weighted by molar-refractivity contribution is 9.10. The van der Waals surface area contributed by atoms with Crippen molar-refractivity contribution >= 4 is 45.1 Å². The molecule has 0 unspecified atom stereocenters. The van der Waals surface area contributed by atoms with Gasteiger partial charge in [-0.1, -0.05) is 59.3 Å². The molecule has 2 aliphatic rings. The molecule has 0 N–H and O–H groups in total. The Kier molecular flexibility index (Phi) is 6.43. The quantitative estimate of drug-likeness (QED) is 0.186. The first-order valence-corrected chi connectivity index (χ1v) is 11.4. The number of nitro groups is 1. The van der Waals surface area contributed by atoms with Crippen molar-refractivity contribution in [2.45, 2.75) is 13.3 Å². The lowest BCUT2D eigenvalue weighted by Crippen LogP contribution is -2.52. The van der Waals surface area contributed by atoms with Crippen LogP contribution in [0.25, 0.3) is 0 Å². The van der Waals surface area contributed by atoms with Crippen LogP contribution in [0.3, 0.4) is 0 Å². The summed E-state index contributed by atoms with van der Waals surface area (Å²) in [6.07, 6.45) is 4.00. The molecule has 34 heavy (non-hydrogen) atoms. The van der Waals surface area contributed by atoms with Crippen LogP contribution in [0.1, 0.15) is 34.1 Å². The van der Waals surface area contributed by atoms with E-state index in [4.69, 9.17) is 0 Å². The van der Waals surface area contributed by atoms with Crippen molar-refractivity contribution in [3.63, 3.8) is 0 Å². The first-order valence-electron chi connectivity index (χ1n) is 10.6. The minimum atomic E-state index is -0.973. The van der Waals surface area contributed by atoms with Crippen LogP contribution >= 0.6 is 15.9 Å². The maximum atomic E-state index is 13.6. The topological polar surface area (TPSA) is 118 Å². The molecule has 10 heteroatoms. The molecule has 3 atom stereocenters. The summed E-state index contributed by atoms with van der Waals surface area (Å²) in [6, 6.07) is 11.6. The van der Waals surface area contributed by atoms with Crippen LogP contribution in [-0.2, 0) is 9.59 Å². The molecular weight excluding hydrogens is 506 g/mol. The molecule has 1 aliphatic heterocycles. The zero-order chi connectivity index (χ0) is 24.6. The zero-order valence-electron chi connectivity index (χ0n) is 18.1. The number of carbonyl (C=O) groups excluding carboxylic acids is 4. The first-order chi connectivity index (χ1) is 16.2. The summed E-state index contributed by atoms with van der Waals surface area (Å²) in [4.78, 5) is 64.1. The van der Waals surface area contributed by atoms with Crippen LogP contribution in [-0.4, -0.2) is 45.0 Å². The van der Waals surface area contributed by atoms with Gasteiger partial charge in [-0.2, -0.15) is 5.01 Å². The van der Waals surface area contributed by atoms with E-state index in [-0.39, 0.29) is 17.0 Å². The number of hydrogen-bond acceptors (Lipinski definition) is 6. The number of hydrogen-bond donors (Lipinski definition) is 0. The fourth-order valence-corrected chi connectivity index (χ4v) is 4.68. The van der Waals surface area contributed by atoms with Gasteiger partial charge in [0, 0.05) is 16.1 Å². The summed E-state index contributed by atoms with van der Waals surface area (Å²) in [6.45, 7) is 1.18. The van der Waals surface area contributed by atoms with Crippen molar-refractivity contribution in [3.8, 4) is 0 Å². The third-order valence-corrected chi connectivity index (χ3v) is 6.64. The summed E-state index contributed by atoms with van der Waals surface area (Å²) in [7, 11) is 0. The van der Waals surface area contributed by atoms with Crippen LogP contribution in [0.4, 0.5) is 5.69 Å². The van der Waals surface area contributed by atoms with E-state index >= 15 is 0 Å². The molecule has 1 fully saturated rings. The Bertz CT molecular complexity index is 1230. The van der Waals surface area contributed by atoms with Crippen LogP contribution in [0.15, 0.2) is 65.2 Å². The predicted octanol–water partition coefficient (Wildman–Crippen LogP) is 3.79. The molecule has 2 aromatic rings. The number of rotatable bonds is 6. The second-order valence-corrected chi connectivity index (χ2v) is 9.13. The molecule has 0 spiro atoms. The molecule has 1 heterocycles. The predicted molar refractivity (Wildman–Crippen MR) is 124 cm³/mol. The molecule has 3 amide bonds. The first kappa shape index (κ1) is 23.5. The maximum absolute atomic E-state index is 13.6. The molecule has 174 valence electrons. The van der Waals surface area contributed by atoms with E-state index in [1.807, 2.05) is 19.1 Å². The number of Topliss-reactive ketones (excluding diaryl/α,β-unsaturated/α-hetero) is 1. The molecule has 9 nitrogen and oxygen atoms in total. The lowest BCUT2D eigenvalue weighted by molar-refractivity contribution is -0.385. The van der Waals surface area contributed by atoms with Gasteiger partial charge in [-0.25, -0.2) is 5.01 Å². The van der Waals surface area contributed by atoms with Crippen LogP contribution in [0, 0.1) is 27.9 Å². The van der Waals surface area contributed by atoms with Gasteiger partial charge in [0.1, 0.15) is 12.1 Å². The summed E-state index contributed by atoms with van der Waals surface area (Å²) >= 11 is 3.29. The number of benzene rings is 2. The largest absolute Gasteiger partial charge is 0.292 e. The normalized spacial score (nSPS) is 21.4. The smallest absolute Gasteiger partial charge is 0.282 e. The van der Waals surface area contributed by atoms with E-state index in [0.29, 0.717) is 11.4 Å². The fourth-order valence-electron chi connectivity index (χ4n) is 4.42. The van der Waals surface area contributed by atoms with Gasteiger partial charge >= 0.3 is 0 Å². The number of halogens is 1. The highest BCUT2D eigenvalue weighted by Crippen LogP contribution is 2.39. The van der Waals surface area contributed by atoms with Gasteiger partial charge in [0.25, 0.3) is 23.4 Å². The van der Waals surface area contributed by atoms with Crippen LogP contribution < -0.4 is 0 Å². The monoisotopic (exact) mass is 525 g/mol. The van der Waals surface area contributed by atoms with Crippen LogP contribution in [0.5, 0.6) is 0 Å². The zero-order valence-corrected chi connectivity index (χ0v) is 19.7. The molecule has 1 saturated heterocycles. The van der Waals surface area contributed by atoms with Gasteiger partial charge in [-0.05, 0) is 30.5 Å². The number of amides is 3. The number of fused-ring (bicyclic) bond motifs is 1. The second-order valence-electron chi connectivity index (χ2n) is 8.21. The minimum Gasteiger partial charge on any atom is -0.292 e. The Labute approximate surface area is 203 Å². The molecular formula is C24H20BrN3O6. The maximum Gasteiger partial charge on any atom is 0.282 e. The fraction of sp³-hybridized carbons (Fsp3) is 0.250. The highest BCUT2D eigenvalue weighted by Gasteiger charge is 2.53. The Hall–Kier alpha value is -3.66. The van der Waals surface area contributed by atoms with Gasteiger partial charge in [0.15, 0.2) is 5.78 Å². The molecule has 4 rings (SSSR count). The van der Waals surface area contributed by atoms with Gasteiger partial charge in [-0.15, -0.1) is 0 Å². The van der Waals surface area contributed by atoms with Crippen molar-refractivity contribution < 1.29 is 24.1 Å². The second kappa shape index (κ2) is 9.30. The standard InChI is InChI=1S/C24H20BrN3O6/c1-14-5-4-7-18-21(14)24(32)27(23(18)31)26(13-20(29)15-9-11-16(25)12-10-15)22(30)17-6-2-3-8-19(17)28(33)34/h2-6,8-12,14,18,21H,7,13H2,1H3/t14-,18-,21+/m1/s1. The lowest BCUT2D eigenvalue weighted by Gasteiger charge is -2.30. The Morgan fingerprint density at radius 3 is 2.44 bits per heavy atom. The summed E-state index contributed by atoms with van der Waals surface area (Å²) in [5.74, 6) is -4.24. The van der Waals surface area contributed by atoms with Crippen molar-refractivity contribution in [2.24, 2.45) is 17.8 Å². The third-order valence-electron chi connectivity index (χ3n) is 6.12. The number of ketones is 1. The lowest BCUT2D eigenvalue weighted by atomic mass is 9.78. The summed E-state index contributed by atoms with van der Waals surface area (Å²) in [5.41, 5.74) is -0.548. The molecule has 1 aliphatic carbocycles. The Balaban J connectivity index is 1.76. The van der Waals surface area contributed by atoms with Gasteiger partial charge in [0.05, 0.1) is 16.8 Å². The minimum absolute atomic E-state index is 0.231. The van der Waals surface area contributed by atoms with E-state index in [2.05, 4.69) is 15.9 Å². The van der Waals surface area contributed by atoms with Crippen molar-refractivity contribution in [2.75, 3.05) is 6.54 Å². The average molecular weight is 526 g/mol. The molecule has 0 aromatic heterocycles. The Morgan fingerprint density at radius 1 is 1.12 bits per heavy atom. The van der Waals surface area contributed by atoms with Gasteiger partial charge < -0.3 is 0 Å². The molecule has 0 radical (unpaired) electrons. The van der Waals surface area contributed by atoms with Gasteiger partial charge in [0.2, 0.25) is 0 Å². The summed E-state index contributed by atoms with van der Waals surface area (Å²) in [5, 5.41) is 13.0.